The standard InChI is InChI=1S/C18H32N4O6S/c1-9(2)7-12(20-15(24)11-5-4-6-19-11)16(25)22-14(10(3)23)17(26)21-13(8-29)18(27)28/h9-14,19,23,29H,4-8H2,1-3H3,(H,20,24)(H,21,26)(H,22,25)(H,27,28). The molecule has 0 aromatic carbocycles. The minimum atomic E-state index is -1.37. The number of hydrogen-bond acceptors (Lipinski definition) is 7. The summed E-state index contributed by atoms with van der Waals surface area (Å²) < 4.78 is 0. The second kappa shape index (κ2) is 12.0. The zero-order valence-corrected chi connectivity index (χ0v) is 17.9. The molecule has 0 saturated carbocycles. The number of thiol groups is 1. The molecule has 6 N–H and O–H groups in total. The van der Waals surface area contributed by atoms with Gasteiger partial charge >= 0.3 is 5.97 Å². The highest BCUT2D eigenvalue weighted by Gasteiger charge is 2.33. The molecule has 0 aliphatic carbocycles. The molecule has 0 aromatic heterocycles. The predicted octanol–water partition coefficient (Wildman–Crippen LogP) is -1.37. The van der Waals surface area contributed by atoms with Gasteiger partial charge in [0.1, 0.15) is 18.1 Å². The lowest BCUT2D eigenvalue weighted by molar-refractivity contribution is -0.142. The topological polar surface area (TPSA) is 157 Å². The molecule has 1 heterocycles. The molecule has 166 valence electrons. The molecule has 0 spiro atoms. The number of rotatable bonds is 11. The number of aliphatic hydroxyl groups is 1. The highest BCUT2D eigenvalue weighted by molar-refractivity contribution is 7.80. The van der Waals surface area contributed by atoms with Crippen molar-refractivity contribution in [1.29, 1.82) is 0 Å². The first kappa shape index (κ1) is 25.2. The van der Waals surface area contributed by atoms with Crippen LogP contribution < -0.4 is 21.3 Å². The molecular weight excluding hydrogens is 400 g/mol. The quantitative estimate of drug-likeness (QED) is 0.199. The molecular formula is C18H32N4O6S. The number of amides is 3. The maximum Gasteiger partial charge on any atom is 0.327 e. The molecule has 3 amide bonds. The largest absolute Gasteiger partial charge is 0.480 e. The van der Waals surface area contributed by atoms with E-state index in [1.165, 1.54) is 6.92 Å². The fraction of sp³-hybridized carbons (Fsp3) is 0.778. The highest BCUT2D eigenvalue weighted by atomic mass is 32.1. The van der Waals surface area contributed by atoms with Gasteiger partial charge in [-0.25, -0.2) is 4.79 Å². The van der Waals surface area contributed by atoms with Gasteiger partial charge in [0.2, 0.25) is 17.7 Å². The number of carboxylic acids is 1. The van der Waals surface area contributed by atoms with Gasteiger partial charge in [-0.15, -0.1) is 0 Å². The second-order valence-electron chi connectivity index (χ2n) is 7.65. The molecule has 0 aromatic rings. The molecule has 1 fully saturated rings. The zero-order chi connectivity index (χ0) is 22.1. The molecule has 1 rings (SSSR count). The number of carboxylic acid groups (broad SMARTS) is 1. The van der Waals surface area contributed by atoms with E-state index < -0.39 is 42.0 Å². The Morgan fingerprint density at radius 3 is 2.17 bits per heavy atom. The zero-order valence-electron chi connectivity index (χ0n) is 17.0. The van der Waals surface area contributed by atoms with Crippen molar-refractivity contribution < 1.29 is 29.4 Å². The van der Waals surface area contributed by atoms with E-state index in [-0.39, 0.29) is 23.6 Å². The van der Waals surface area contributed by atoms with Crippen molar-refractivity contribution in [3.05, 3.63) is 0 Å². The van der Waals surface area contributed by atoms with Gasteiger partial charge in [-0.3, -0.25) is 14.4 Å². The van der Waals surface area contributed by atoms with Crippen molar-refractivity contribution in [2.45, 2.75) is 70.3 Å². The van der Waals surface area contributed by atoms with Gasteiger partial charge in [-0.2, -0.15) is 12.6 Å². The molecule has 11 heteroatoms. The summed E-state index contributed by atoms with van der Waals surface area (Å²) in [5, 5.41) is 29.4. The summed E-state index contributed by atoms with van der Waals surface area (Å²) in [6, 6.07) is -3.89. The molecule has 0 radical (unpaired) electrons. The van der Waals surface area contributed by atoms with Crippen molar-refractivity contribution in [2.24, 2.45) is 5.92 Å². The van der Waals surface area contributed by atoms with Gasteiger partial charge in [0, 0.05) is 5.75 Å². The monoisotopic (exact) mass is 432 g/mol. The molecule has 5 atom stereocenters. The second-order valence-corrected chi connectivity index (χ2v) is 8.01. The maximum absolute atomic E-state index is 12.8. The molecule has 10 nitrogen and oxygen atoms in total. The lowest BCUT2D eigenvalue weighted by Gasteiger charge is -2.27. The molecule has 0 bridgehead atoms. The Morgan fingerprint density at radius 2 is 1.72 bits per heavy atom. The lowest BCUT2D eigenvalue weighted by atomic mass is 10.0. The predicted molar refractivity (Wildman–Crippen MR) is 109 cm³/mol. The van der Waals surface area contributed by atoms with Crippen LogP contribution in [0.2, 0.25) is 0 Å². The third kappa shape index (κ3) is 8.19. The Hall–Kier alpha value is -1.85. The van der Waals surface area contributed by atoms with Crippen LogP contribution in [0.4, 0.5) is 0 Å². The fourth-order valence-corrected chi connectivity index (χ4v) is 3.24. The summed E-state index contributed by atoms with van der Waals surface area (Å²) in [7, 11) is 0. The molecule has 5 unspecified atom stereocenters. The minimum absolute atomic E-state index is 0.0852. The summed E-state index contributed by atoms with van der Waals surface area (Å²) in [6.45, 7) is 5.82. The Balaban J connectivity index is 2.84. The Bertz CT molecular complexity index is 595. The third-order valence-corrected chi connectivity index (χ3v) is 4.94. The Kier molecular flexibility index (Phi) is 10.4. The van der Waals surface area contributed by atoms with Crippen LogP contribution in [0.25, 0.3) is 0 Å². The normalized spacial score (nSPS) is 20.4. The van der Waals surface area contributed by atoms with Crippen LogP contribution in [-0.2, 0) is 19.2 Å². The van der Waals surface area contributed by atoms with E-state index in [9.17, 15) is 24.3 Å². The summed E-state index contributed by atoms with van der Waals surface area (Å²) >= 11 is 3.87. The first-order valence-corrected chi connectivity index (χ1v) is 10.4. The van der Waals surface area contributed by atoms with Crippen LogP contribution >= 0.6 is 12.6 Å². The Morgan fingerprint density at radius 1 is 1.07 bits per heavy atom. The van der Waals surface area contributed by atoms with E-state index >= 15 is 0 Å². The average Bonchev–Trinajstić information content (AvgIpc) is 3.17. The van der Waals surface area contributed by atoms with Crippen molar-refractivity contribution in [1.82, 2.24) is 21.3 Å². The van der Waals surface area contributed by atoms with Gasteiger partial charge in [0.05, 0.1) is 12.1 Å². The first-order chi connectivity index (χ1) is 13.6. The van der Waals surface area contributed by atoms with Gasteiger partial charge < -0.3 is 31.5 Å². The number of carbonyl (C=O) groups excluding carboxylic acids is 3. The fourth-order valence-electron chi connectivity index (χ4n) is 2.99. The van der Waals surface area contributed by atoms with E-state index in [0.29, 0.717) is 12.8 Å². The molecule has 1 aliphatic rings. The van der Waals surface area contributed by atoms with Crippen LogP contribution in [0, 0.1) is 5.92 Å². The Labute approximate surface area is 176 Å². The van der Waals surface area contributed by atoms with Gasteiger partial charge in [-0.1, -0.05) is 13.8 Å². The number of aliphatic hydroxyl groups excluding tert-OH is 1. The van der Waals surface area contributed by atoms with Crippen LogP contribution in [0.3, 0.4) is 0 Å². The van der Waals surface area contributed by atoms with Crippen molar-refractivity contribution in [3.63, 3.8) is 0 Å². The van der Waals surface area contributed by atoms with E-state index in [2.05, 4.69) is 33.9 Å². The van der Waals surface area contributed by atoms with Crippen LogP contribution in [-0.4, -0.2) is 76.5 Å². The molecule has 29 heavy (non-hydrogen) atoms. The van der Waals surface area contributed by atoms with E-state index in [1.54, 1.807) is 0 Å². The van der Waals surface area contributed by atoms with Gasteiger partial charge in [-0.05, 0) is 38.6 Å². The first-order valence-electron chi connectivity index (χ1n) is 9.73. The number of carbonyl (C=O) groups is 4. The molecule has 1 aliphatic heterocycles. The van der Waals surface area contributed by atoms with Gasteiger partial charge in [0.25, 0.3) is 0 Å². The van der Waals surface area contributed by atoms with Crippen molar-refractivity contribution >= 4 is 36.3 Å². The molecule has 1 saturated heterocycles. The number of hydrogen-bond donors (Lipinski definition) is 7. The summed E-state index contributed by atoms with van der Waals surface area (Å²) in [5.74, 6) is -3.10. The number of nitrogens with one attached hydrogen (secondary N) is 4. The highest BCUT2D eigenvalue weighted by Crippen LogP contribution is 2.09. The van der Waals surface area contributed by atoms with E-state index in [0.717, 1.165) is 13.0 Å². The number of aliphatic carboxylic acids is 1. The lowest BCUT2D eigenvalue weighted by Crippen LogP contribution is -2.60. The van der Waals surface area contributed by atoms with E-state index in [1.807, 2.05) is 13.8 Å². The summed E-state index contributed by atoms with van der Waals surface area (Å²) in [5.41, 5.74) is 0. The van der Waals surface area contributed by atoms with Crippen LogP contribution in [0.5, 0.6) is 0 Å². The van der Waals surface area contributed by atoms with Crippen molar-refractivity contribution in [2.75, 3.05) is 12.3 Å². The van der Waals surface area contributed by atoms with E-state index in [4.69, 9.17) is 5.11 Å². The van der Waals surface area contributed by atoms with Crippen LogP contribution in [0.15, 0.2) is 0 Å². The minimum Gasteiger partial charge on any atom is -0.480 e. The SMILES string of the molecule is CC(C)CC(NC(=O)C1CCCN1)C(=O)NC(C(=O)NC(CS)C(=O)O)C(C)O. The van der Waals surface area contributed by atoms with Gasteiger partial charge in [0.15, 0.2) is 0 Å². The smallest absolute Gasteiger partial charge is 0.327 e. The van der Waals surface area contributed by atoms with Crippen LogP contribution in [0.1, 0.15) is 40.0 Å². The third-order valence-electron chi connectivity index (χ3n) is 4.58. The maximum atomic E-state index is 12.8. The summed E-state index contributed by atoms with van der Waals surface area (Å²) in [6.07, 6.45) is 0.618. The summed E-state index contributed by atoms with van der Waals surface area (Å²) in [4.78, 5) is 48.6. The average molecular weight is 433 g/mol. The van der Waals surface area contributed by atoms with Crippen molar-refractivity contribution in [3.8, 4) is 0 Å².